The number of para-hydroxylation sites is 2. The standard InChI is InChI=1S/C17H22N2O4S2/c1-3-7-16(20)18-17-19(12-8-5-6-9-14(12)23-4-2)13-10-25(21,22)11-15(13)24-17/h5-6,8-9,13,15H,3-4,7,10-11H2,1-2H3/t13-,15-/m1/s1. The minimum absolute atomic E-state index is 0.0755. The van der Waals surface area contributed by atoms with Crippen LogP contribution in [0.25, 0.3) is 0 Å². The molecule has 0 saturated carbocycles. The van der Waals surface area contributed by atoms with Crippen LogP contribution in [0.5, 0.6) is 5.75 Å². The molecule has 2 atom stereocenters. The van der Waals surface area contributed by atoms with Crippen molar-refractivity contribution in [2.75, 3.05) is 23.0 Å². The van der Waals surface area contributed by atoms with Crippen LogP contribution in [-0.2, 0) is 14.6 Å². The van der Waals surface area contributed by atoms with E-state index in [1.807, 2.05) is 43.0 Å². The van der Waals surface area contributed by atoms with E-state index in [2.05, 4.69) is 4.99 Å². The molecule has 0 unspecified atom stereocenters. The molecule has 2 aliphatic rings. The number of amides is 1. The number of sulfone groups is 1. The predicted molar refractivity (Wildman–Crippen MR) is 101 cm³/mol. The van der Waals surface area contributed by atoms with E-state index in [-0.39, 0.29) is 28.7 Å². The number of hydrogen-bond donors (Lipinski definition) is 0. The first-order valence-corrected chi connectivity index (χ1v) is 11.1. The van der Waals surface area contributed by atoms with E-state index in [1.54, 1.807) is 0 Å². The van der Waals surface area contributed by atoms with Crippen LogP contribution < -0.4 is 9.64 Å². The Morgan fingerprint density at radius 3 is 2.80 bits per heavy atom. The second-order valence-corrected chi connectivity index (χ2v) is 9.47. The molecule has 1 aromatic carbocycles. The van der Waals surface area contributed by atoms with Gasteiger partial charge in [0.15, 0.2) is 15.0 Å². The number of thioether (sulfide) groups is 1. The predicted octanol–water partition coefficient (Wildman–Crippen LogP) is 2.49. The molecule has 0 radical (unpaired) electrons. The molecule has 6 nitrogen and oxygen atoms in total. The molecule has 136 valence electrons. The molecular formula is C17H22N2O4S2. The van der Waals surface area contributed by atoms with Gasteiger partial charge in [-0.05, 0) is 25.5 Å². The van der Waals surface area contributed by atoms with E-state index in [0.29, 0.717) is 23.9 Å². The average molecular weight is 383 g/mol. The summed E-state index contributed by atoms with van der Waals surface area (Å²) in [7, 11) is -3.08. The van der Waals surface area contributed by atoms with Crippen molar-refractivity contribution in [1.29, 1.82) is 0 Å². The number of nitrogens with zero attached hydrogens (tertiary/aromatic N) is 2. The van der Waals surface area contributed by atoms with E-state index >= 15 is 0 Å². The Kier molecular flexibility index (Phi) is 5.38. The van der Waals surface area contributed by atoms with Gasteiger partial charge in [0.2, 0.25) is 5.91 Å². The maximum atomic E-state index is 12.1. The van der Waals surface area contributed by atoms with E-state index in [4.69, 9.17) is 4.74 Å². The number of rotatable bonds is 5. The lowest BCUT2D eigenvalue weighted by Gasteiger charge is -2.26. The number of benzene rings is 1. The van der Waals surface area contributed by atoms with Gasteiger partial charge in [-0.3, -0.25) is 4.79 Å². The molecule has 2 aliphatic heterocycles. The zero-order valence-electron chi connectivity index (χ0n) is 14.3. The lowest BCUT2D eigenvalue weighted by Crippen LogP contribution is -2.38. The Bertz CT molecular complexity index is 792. The molecule has 0 spiro atoms. The van der Waals surface area contributed by atoms with Crippen molar-refractivity contribution >= 4 is 38.4 Å². The van der Waals surface area contributed by atoms with Crippen molar-refractivity contribution < 1.29 is 17.9 Å². The van der Waals surface area contributed by atoms with Gasteiger partial charge in [-0.25, -0.2) is 8.42 Å². The van der Waals surface area contributed by atoms with Gasteiger partial charge in [0, 0.05) is 11.7 Å². The van der Waals surface area contributed by atoms with Crippen LogP contribution in [0, 0.1) is 0 Å². The van der Waals surface area contributed by atoms with Gasteiger partial charge in [0.1, 0.15) is 5.75 Å². The zero-order valence-corrected chi connectivity index (χ0v) is 16.0. The molecule has 0 aliphatic carbocycles. The Morgan fingerprint density at radius 2 is 2.08 bits per heavy atom. The maximum Gasteiger partial charge on any atom is 0.248 e. The minimum atomic E-state index is -3.08. The lowest BCUT2D eigenvalue weighted by atomic mass is 10.2. The summed E-state index contributed by atoms with van der Waals surface area (Å²) in [6.45, 7) is 4.34. The van der Waals surface area contributed by atoms with Crippen molar-refractivity contribution in [1.82, 2.24) is 0 Å². The number of amidine groups is 1. The van der Waals surface area contributed by atoms with Gasteiger partial charge in [-0.15, -0.1) is 0 Å². The van der Waals surface area contributed by atoms with E-state index in [1.165, 1.54) is 11.8 Å². The third kappa shape index (κ3) is 3.84. The van der Waals surface area contributed by atoms with Gasteiger partial charge in [-0.2, -0.15) is 4.99 Å². The molecule has 0 N–H and O–H groups in total. The molecule has 2 fully saturated rings. The number of anilines is 1. The van der Waals surface area contributed by atoms with Crippen molar-refractivity contribution in [3.63, 3.8) is 0 Å². The smallest absolute Gasteiger partial charge is 0.248 e. The summed E-state index contributed by atoms with van der Waals surface area (Å²) in [5.74, 6) is 0.695. The molecule has 1 amide bonds. The number of hydrogen-bond acceptors (Lipinski definition) is 5. The molecule has 25 heavy (non-hydrogen) atoms. The Balaban J connectivity index is 2.02. The summed E-state index contributed by atoms with van der Waals surface area (Å²) >= 11 is 1.39. The van der Waals surface area contributed by atoms with Crippen LogP contribution in [0.15, 0.2) is 29.3 Å². The fourth-order valence-corrected chi connectivity index (χ4v) is 7.08. The van der Waals surface area contributed by atoms with Crippen LogP contribution in [-0.4, -0.2) is 48.9 Å². The normalized spacial score (nSPS) is 26.0. The topological polar surface area (TPSA) is 76.0 Å². The van der Waals surface area contributed by atoms with Gasteiger partial charge in [-0.1, -0.05) is 30.8 Å². The molecule has 2 saturated heterocycles. The second kappa shape index (κ2) is 7.37. The summed E-state index contributed by atoms with van der Waals surface area (Å²) in [4.78, 5) is 18.2. The summed E-state index contributed by atoms with van der Waals surface area (Å²) in [5.41, 5.74) is 0.768. The molecule has 2 heterocycles. The average Bonchev–Trinajstić information content (AvgIpc) is 2.99. The zero-order chi connectivity index (χ0) is 18.0. The third-order valence-corrected chi connectivity index (χ3v) is 7.39. The monoisotopic (exact) mass is 382 g/mol. The fraction of sp³-hybridized carbons (Fsp3) is 0.529. The number of carbonyl (C=O) groups is 1. The summed E-state index contributed by atoms with van der Waals surface area (Å²) < 4.78 is 29.9. The highest BCUT2D eigenvalue weighted by Gasteiger charge is 2.49. The molecule has 0 bridgehead atoms. The van der Waals surface area contributed by atoms with E-state index in [0.717, 1.165) is 12.1 Å². The first kappa shape index (κ1) is 18.3. The fourth-order valence-electron chi connectivity index (χ4n) is 3.16. The number of aliphatic imine (C=N–C) groups is 1. The number of ether oxygens (including phenoxy) is 1. The summed E-state index contributed by atoms with van der Waals surface area (Å²) in [6, 6.07) is 7.28. The number of fused-ring (bicyclic) bond motifs is 1. The lowest BCUT2D eigenvalue weighted by molar-refractivity contribution is -0.117. The van der Waals surface area contributed by atoms with Crippen molar-refractivity contribution in [3.8, 4) is 5.75 Å². The first-order valence-electron chi connectivity index (χ1n) is 8.45. The summed E-state index contributed by atoms with van der Waals surface area (Å²) in [5, 5.41) is 0.475. The highest BCUT2D eigenvalue weighted by atomic mass is 32.2. The molecule has 3 rings (SSSR count). The maximum absolute atomic E-state index is 12.1. The van der Waals surface area contributed by atoms with Gasteiger partial charge in [0.05, 0.1) is 29.8 Å². The Morgan fingerprint density at radius 1 is 1.32 bits per heavy atom. The van der Waals surface area contributed by atoms with Crippen LogP contribution in [0.4, 0.5) is 5.69 Å². The largest absolute Gasteiger partial charge is 0.492 e. The SMILES string of the molecule is CCCC(=O)N=C1S[C@@H]2CS(=O)(=O)C[C@H]2N1c1ccccc1OCC. The third-order valence-electron chi connectivity index (χ3n) is 4.18. The first-order chi connectivity index (χ1) is 11.9. The second-order valence-electron chi connectivity index (χ2n) is 6.11. The van der Waals surface area contributed by atoms with Crippen LogP contribution in [0.2, 0.25) is 0 Å². The van der Waals surface area contributed by atoms with E-state index in [9.17, 15) is 13.2 Å². The quantitative estimate of drug-likeness (QED) is 0.779. The van der Waals surface area contributed by atoms with Gasteiger partial charge >= 0.3 is 0 Å². The summed E-state index contributed by atoms with van der Waals surface area (Å²) in [6.07, 6.45) is 1.12. The highest BCUT2D eigenvalue weighted by molar-refractivity contribution is 8.16. The van der Waals surface area contributed by atoms with Crippen molar-refractivity contribution in [2.45, 2.75) is 38.0 Å². The Labute approximate surface area is 152 Å². The van der Waals surface area contributed by atoms with Gasteiger partial charge < -0.3 is 9.64 Å². The van der Waals surface area contributed by atoms with Crippen molar-refractivity contribution in [3.05, 3.63) is 24.3 Å². The van der Waals surface area contributed by atoms with Crippen LogP contribution >= 0.6 is 11.8 Å². The Hall–Kier alpha value is -1.54. The molecule has 1 aromatic rings. The molecule has 8 heteroatoms. The van der Waals surface area contributed by atoms with Crippen LogP contribution in [0.1, 0.15) is 26.7 Å². The van der Waals surface area contributed by atoms with E-state index < -0.39 is 9.84 Å². The minimum Gasteiger partial charge on any atom is -0.492 e. The highest BCUT2D eigenvalue weighted by Crippen LogP contribution is 2.43. The molecule has 0 aromatic heterocycles. The number of carbonyl (C=O) groups excluding carboxylic acids is 1. The molecular weight excluding hydrogens is 360 g/mol. The van der Waals surface area contributed by atoms with Crippen LogP contribution in [0.3, 0.4) is 0 Å². The van der Waals surface area contributed by atoms with Gasteiger partial charge in [0.25, 0.3) is 0 Å². The van der Waals surface area contributed by atoms with Crippen molar-refractivity contribution in [2.24, 2.45) is 4.99 Å².